The fourth-order valence-corrected chi connectivity index (χ4v) is 2.76. The minimum Gasteiger partial charge on any atom is -0.377 e. The molecule has 0 saturated heterocycles. The molecule has 1 aliphatic carbocycles. The number of nitrogens with zero attached hydrogens (tertiary/aromatic N) is 2. The molecule has 0 spiro atoms. The topological polar surface area (TPSA) is 62.8 Å². The maximum Gasteiger partial charge on any atom is 0.117 e. The number of H-pyrrole nitrogens is 1. The Balaban J connectivity index is 1.44. The minimum atomic E-state index is 0.485. The van der Waals surface area contributed by atoms with Crippen molar-refractivity contribution in [3.63, 3.8) is 0 Å². The zero-order chi connectivity index (χ0) is 14.3. The fraction of sp³-hybridized carbons (Fsp3) is 0.500. The van der Waals surface area contributed by atoms with E-state index in [1.807, 2.05) is 30.3 Å². The minimum absolute atomic E-state index is 0.485. The average molecular weight is 286 g/mol. The van der Waals surface area contributed by atoms with Gasteiger partial charge in [-0.05, 0) is 12.8 Å². The summed E-state index contributed by atoms with van der Waals surface area (Å²) in [6.07, 6.45) is 5.57. The average Bonchev–Trinajstić information content (AvgIpc) is 3.19. The van der Waals surface area contributed by atoms with Gasteiger partial charge in [-0.3, -0.25) is 0 Å². The molecule has 1 heterocycles. The second kappa shape index (κ2) is 7.33. The van der Waals surface area contributed by atoms with E-state index < -0.39 is 0 Å². The second-order valence-electron chi connectivity index (χ2n) is 5.44. The van der Waals surface area contributed by atoms with E-state index in [9.17, 15) is 0 Å². The van der Waals surface area contributed by atoms with Crippen molar-refractivity contribution < 1.29 is 4.74 Å². The summed E-state index contributed by atoms with van der Waals surface area (Å²) in [7, 11) is 0. The van der Waals surface area contributed by atoms with E-state index in [4.69, 9.17) is 4.74 Å². The predicted octanol–water partition coefficient (Wildman–Crippen LogP) is 2.52. The quantitative estimate of drug-likeness (QED) is 0.768. The largest absolute Gasteiger partial charge is 0.377 e. The van der Waals surface area contributed by atoms with Gasteiger partial charge in [0.05, 0.1) is 12.7 Å². The van der Waals surface area contributed by atoms with Gasteiger partial charge in [0, 0.05) is 18.7 Å². The first kappa shape index (κ1) is 14.2. The van der Waals surface area contributed by atoms with E-state index in [0.29, 0.717) is 12.6 Å². The van der Waals surface area contributed by atoms with Gasteiger partial charge in [-0.1, -0.05) is 43.2 Å². The Kier molecular flexibility index (Phi) is 4.97. The van der Waals surface area contributed by atoms with Gasteiger partial charge in [0.25, 0.3) is 0 Å². The van der Waals surface area contributed by atoms with Crippen LogP contribution in [0.15, 0.2) is 30.3 Å². The maximum absolute atomic E-state index is 5.83. The summed E-state index contributed by atoms with van der Waals surface area (Å²) in [5.41, 5.74) is 2.95. The van der Waals surface area contributed by atoms with Gasteiger partial charge in [0.2, 0.25) is 0 Å². The molecule has 0 aliphatic heterocycles. The van der Waals surface area contributed by atoms with Gasteiger partial charge in [0.1, 0.15) is 11.4 Å². The fourth-order valence-electron chi connectivity index (χ4n) is 2.76. The van der Waals surface area contributed by atoms with E-state index in [0.717, 1.165) is 30.1 Å². The van der Waals surface area contributed by atoms with Crippen molar-refractivity contribution in [1.82, 2.24) is 20.7 Å². The highest BCUT2D eigenvalue weighted by atomic mass is 16.5. The summed E-state index contributed by atoms with van der Waals surface area (Å²) < 4.78 is 5.83. The van der Waals surface area contributed by atoms with Crippen molar-refractivity contribution in [2.75, 3.05) is 13.2 Å². The molecule has 0 atom stereocenters. The zero-order valence-corrected chi connectivity index (χ0v) is 12.2. The third kappa shape index (κ3) is 3.89. The van der Waals surface area contributed by atoms with Crippen LogP contribution in [0, 0.1) is 0 Å². The number of hydrogen-bond acceptors (Lipinski definition) is 4. The van der Waals surface area contributed by atoms with E-state index in [2.05, 4.69) is 20.7 Å². The standard InChI is InChI=1S/C16H22N4O/c1-2-6-13(7-3-1)16-15(18-20-19-16)12-17-10-11-21-14-8-4-5-9-14/h1-3,6-7,14,17H,4-5,8-12H2,(H,18,19,20). The monoisotopic (exact) mass is 286 g/mol. The molecular formula is C16H22N4O. The van der Waals surface area contributed by atoms with E-state index in [-0.39, 0.29) is 0 Å². The molecule has 2 N–H and O–H groups in total. The highest BCUT2D eigenvalue weighted by molar-refractivity contribution is 5.60. The van der Waals surface area contributed by atoms with Crippen LogP contribution in [0.5, 0.6) is 0 Å². The van der Waals surface area contributed by atoms with Gasteiger partial charge in [-0.25, -0.2) is 0 Å². The van der Waals surface area contributed by atoms with Gasteiger partial charge in [0.15, 0.2) is 0 Å². The number of nitrogens with one attached hydrogen (secondary N) is 2. The molecule has 0 radical (unpaired) electrons. The summed E-state index contributed by atoms with van der Waals surface area (Å²) in [5.74, 6) is 0. The molecule has 0 amide bonds. The first-order chi connectivity index (χ1) is 10.4. The lowest BCUT2D eigenvalue weighted by atomic mass is 10.1. The molecule has 1 saturated carbocycles. The Morgan fingerprint density at radius 2 is 1.95 bits per heavy atom. The molecule has 1 fully saturated rings. The van der Waals surface area contributed by atoms with E-state index in [1.165, 1.54) is 25.7 Å². The maximum atomic E-state index is 5.83. The highest BCUT2D eigenvalue weighted by Gasteiger charge is 2.14. The smallest absolute Gasteiger partial charge is 0.117 e. The van der Waals surface area contributed by atoms with Gasteiger partial charge in [-0.2, -0.15) is 15.4 Å². The molecule has 2 aromatic rings. The summed E-state index contributed by atoms with van der Waals surface area (Å²) >= 11 is 0. The van der Waals surface area contributed by atoms with Gasteiger partial charge in [-0.15, -0.1) is 0 Å². The van der Waals surface area contributed by atoms with Crippen LogP contribution in [0.2, 0.25) is 0 Å². The first-order valence-electron chi connectivity index (χ1n) is 7.71. The van der Waals surface area contributed by atoms with Crippen LogP contribution < -0.4 is 5.32 Å². The number of aromatic amines is 1. The SMILES string of the molecule is c1ccc(-c2n[nH]nc2CNCCOC2CCCC2)cc1. The molecule has 0 unspecified atom stereocenters. The Bertz CT molecular complexity index is 534. The van der Waals surface area contributed by atoms with Crippen molar-refractivity contribution in [2.24, 2.45) is 0 Å². The number of rotatable bonds is 7. The predicted molar refractivity (Wildman–Crippen MR) is 81.7 cm³/mol. The number of aromatic nitrogens is 3. The second-order valence-corrected chi connectivity index (χ2v) is 5.44. The lowest BCUT2D eigenvalue weighted by Crippen LogP contribution is -2.22. The lowest BCUT2D eigenvalue weighted by molar-refractivity contribution is 0.0602. The van der Waals surface area contributed by atoms with Crippen molar-refractivity contribution in [3.05, 3.63) is 36.0 Å². The van der Waals surface area contributed by atoms with Crippen LogP contribution in [0.3, 0.4) is 0 Å². The molecule has 112 valence electrons. The van der Waals surface area contributed by atoms with Crippen LogP contribution in [0.4, 0.5) is 0 Å². The summed E-state index contributed by atoms with van der Waals surface area (Å²) in [6.45, 7) is 2.32. The third-order valence-electron chi connectivity index (χ3n) is 3.89. The van der Waals surface area contributed by atoms with Crippen molar-refractivity contribution in [2.45, 2.75) is 38.3 Å². The van der Waals surface area contributed by atoms with Crippen LogP contribution >= 0.6 is 0 Å². The Labute approximate surface area is 125 Å². The van der Waals surface area contributed by atoms with E-state index >= 15 is 0 Å². The highest BCUT2D eigenvalue weighted by Crippen LogP contribution is 2.20. The number of hydrogen-bond donors (Lipinski definition) is 2. The first-order valence-corrected chi connectivity index (χ1v) is 7.71. The molecule has 1 aromatic carbocycles. The number of benzene rings is 1. The van der Waals surface area contributed by atoms with Crippen molar-refractivity contribution >= 4 is 0 Å². The van der Waals surface area contributed by atoms with E-state index in [1.54, 1.807) is 0 Å². The molecule has 3 rings (SSSR count). The van der Waals surface area contributed by atoms with Crippen LogP contribution in [0.1, 0.15) is 31.4 Å². The molecule has 21 heavy (non-hydrogen) atoms. The zero-order valence-electron chi connectivity index (χ0n) is 12.2. The van der Waals surface area contributed by atoms with Crippen molar-refractivity contribution in [1.29, 1.82) is 0 Å². The molecule has 1 aromatic heterocycles. The molecule has 5 nitrogen and oxygen atoms in total. The van der Waals surface area contributed by atoms with Crippen molar-refractivity contribution in [3.8, 4) is 11.3 Å². The normalized spacial score (nSPS) is 15.6. The Morgan fingerprint density at radius 3 is 2.76 bits per heavy atom. The molecular weight excluding hydrogens is 264 g/mol. The molecule has 0 bridgehead atoms. The van der Waals surface area contributed by atoms with Crippen LogP contribution in [0.25, 0.3) is 11.3 Å². The number of ether oxygens (including phenoxy) is 1. The Morgan fingerprint density at radius 1 is 1.14 bits per heavy atom. The Hall–Kier alpha value is -1.72. The van der Waals surface area contributed by atoms with Crippen LogP contribution in [-0.2, 0) is 11.3 Å². The molecule has 5 heteroatoms. The third-order valence-corrected chi connectivity index (χ3v) is 3.89. The lowest BCUT2D eigenvalue weighted by Gasteiger charge is -2.11. The van der Waals surface area contributed by atoms with Gasteiger partial charge >= 0.3 is 0 Å². The summed E-state index contributed by atoms with van der Waals surface area (Å²) in [6, 6.07) is 10.1. The van der Waals surface area contributed by atoms with Crippen LogP contribution in [-0.4, -0.2) is 34.7 Å². The molecule has 1 aliphatic rings. The summed E-state index contributed by atoms with van der Waals surface area (Å²) in [5, 5.41) is 14.6. The van der Waals surface area contributed by atoms with Gasteiger partial charge < -0.3 is 10.1 Å². The summed E-state index contributed by atoms with van der Waals surface area (Å²) in [4.78, 5) is 0.